The topological polar surface area (TPSA) is 106 Å². The predicted octanol–water partition coefficient (Wildman–Crippen LogP) is 1.85. The second-order valence-electron chi connectivity index (χ2n) is 5.92. The summed E-state index contributed by atoms with van der Waals surface area (Å²) < 4.78 is 5.19. The molecule has 0 aliphatic heterocycles. The van der Waals surface area contributed by atoms with Crippen molar-refractivity contribution >= 4 is 5.69 Å². The van der Waals surface area contributed by atoms with Gasteiger partial charge in [0.15, 0.2) is 0 Å². The largest absolute Gasteiger partial charge is 0.392 e. The monoisotopic (exact) mass is 318 g/mol. The fourth-order valence-electron chi connectivity index (χ4n) is 2.44. The Bertz CT molecular complexity index is 698. The van der Waals surface area contributed by atoms with E-state index in [1.165, 1.54) is 12.1 Å². The third-order valence-electron chi connectivity index (χ3n) is 3.85. The van der Waals surface area contributed by atoms with Crippen molar-refractivity contribution in [3.63, 3.8) is 0 Å². The Morgan fingerprint density at radius 1 is 1.52 bits per heavy atom. The lowest BCUT2D eigenvalue weighted by molar-refractivity contribution is -0.384. The lowest BCUT2D eigenvalue weighted by Crippen LogP contribution is -2.30. The Hall–Kier alpha value is -2.32. The van der Waals surface area contributed by atoms with Gasteiger partial charge in [0, 0.05) is 24.2 Å². The van der Waals surface area contributed by atoms with E-state index in [1.54, 1.807) is 12.1 Å². The quantitative estimate of drug-likeness (QED) is 0.613. The van der Waals surface area contributed by atoms with E-state index < -0.39 is 4.92 Å². The van der Waals surface area contributed by atoms with Crippen LogP contribution >= 0.6 is 0 Å². The standard InChI is InChI=1S/C15H18N4O4/c1-18(8-13(20)10-5-6-10)9-14-16-15(17-23-14)11-3-2-4-12(7-11)19(21)22/h2-4,7,10,13,20H,5-6,8-9H2,1H3. The van der Waals surface area contributed by atoms with Crippen molar-refractivity contribution < 1.29 is 14.6 Å². The van der Waals surface area contributed by atoms with E-state index in [-0.39, 0.29) is 11.8 Å². The van der Waals surface area contributed by atoms with E-state index in [0.29, 0.717) is 36.3 Å². The van der Waals surface area contributed by atoms with Crippen molar-refractivity contribution in [2.75, 3.05) is 13.6 Å². The SMILES string of the molecule is CN(Cc1nc(-c2cccc([N+](=O)[O-])c2)no1)CC(O)C1CC1. The average molecular weight is 318 g/mol. The molecule has 2 aromatic rings. The third-order valence-corrected chi connectivity index (χ3v) is 3.85. The van der Waals surface area contributed by atoms with Crippen molar-refractivity contribution in [1.82, 2.24) is 15.0 Å². The molecule has 0 spiro atoms. The first-order valence-corrected chi connectivity index (χ1v) is 7.47. The van der Waals surface area contributed by atoms with Gasteiger partial charge in [-0.3, -0.25) is 15.0 Å². The zero-order valence-corrected chi connectivity index (χ0v) is 12.8. The van der Waals surface area contributed by atoms with Crippen molar-refractivity contribution in [1.29, 1.82) is 0 Å². The van der Waals surface area contributed by atoms with Crippen molar-refractivity contribution in [2.45, 2.75) is 25.5 Å². The number of hydrogen-bond acceptors (Lipinski definition) is 7. The van der Waals surface area contributed by atoms with E-state index in [1.807, 2.05) is 11.9 Å². The second-order valence-corrected chi connectivity index (χ2v) is 5.92. The van der Waals surface area contributed by atoms with E-state index in [4.69, 9.17) is 4.52 Å². The lowest BCUT2D eigenvalue weighted by Gasteiger charge is -2.18. The highest BCUT2D eigenvalue weighted by molar-refractivity contribution is 5.58. The van der Waals surface area contributed by atoms with Crippen LogP contribution in [0.3, 0.4) is 0 Å². The van der Waals surface area contributed by atoms with Crippen LogP contribution in [0, 0.1) is 16.0 Å². The Balaban J connectivity index is 1.65. The number of likely N-dealkylation sites (N-methyl/N-ethyl adjacent to an activating group) is 1. The maximum absolute atomic E-state index is 10.8. The van der Waals surface area contributed by atoms with Gasteiger partial charge >= 0.3 is 0 Å². The predicted molar refractivity (Wildman–Crippen MR) is 81.5 cm³/mol. The molecule has 1 aromatic heterocycles. The van der Waals surface area contributed by atoms with Crippen LogP contribution in [0.4, 0.5) is 5.69 Å². The summed E-state index contributed by atoms with van der Waals surface area (Å²) in [6.45, 7) is 0.977. The summed E-state index contributed by atoms with van der Waals surface area (Å²) >= 11 is 0. The fraction of sp³-hybridized carbons (Fsp3) is 0.467. The highest BCUT2D eigenvalue weighted by atomic mass is 16.6. The minimum absolute atomic E-state index is 0.0153. The summed E-state index contributed by atoms with van der Waals surface area (Å²) in [5, 5.41) is 24.6. The smallest absolute Gasteiger partial charge is 0.270 e. The van der Waals surface area contributed by atoms with Crippen LogP contribution in [-0.2, 0) is 6.54 Å². The molecule has 8 heteroatoms. The van der Waals surface area contributed by atoms with Crippen LogP contribution < -0.4 is 0 Å². The number of non-ortho nitro benzene ring substituents is 1. The molecule has 1 aliphatic rings. The molecule has 1 heterocycles. The number of nitro benzene ring substituents is 1. The molecule has 122 valence electrons. The first-order chi connectivity index (χ1) is 11.0. The van der Waals surface area contributed by atoms with Crippen molar-refractivity contribution in [3.8, 4) is 11.4 Å². The molecule has 8 nitrogen and oxygen atoms in total. The van der Waals surface area contributed by atoms with E-state index >= 15 is 0 Å². The van der Waals surface area contributed by atoms with Gasteiger partial charge in [-0.25, -0.2) is 0 Å². The number of benzene rings is 1. The summed E-state index contributed by atoms with van der Waals surface area (Å²) in [6, 6.07) is 6.11. The van der Waals surface area contributed by atoms with E-state index in [2.05, 4.69) is 10.1 Å². The molecule has 23 heavy (non-hydrogen) atoms. The molecule has 1 unspecified atom stereocenters. The third kappa shape index (κ3) is 3.91. The van der Waals surface area contributed by atoms with Gasteiger partial charge in [-0.2, -0.15) is 4.98 Å². The summed E-state index contributed by atoms with van der Waals surface area (Å²) in [5.41, 5.74) is 0.522. The molecular formula is C15H18N4O4. The van der Waals surface area contributed by atoms with Gasteiger partial charge in [0.25, 0.3) is 5.69 Å². The first-order valence-electron chi connectivity index (χ1n) is 7.47. The number of hydrogen-bond donors (Lipinski definition) is 1. The maximum Gasteiger partial charge on any atom is 0.270 e. The van der Waals surface area contributed by atoms with Crippen LogP contribution in [0.2, 0.25) is 0 Å². The minimum Gasteiger partial charge on any atom is -0.392 e. The Labute approximate surface area is 132 Å². The van der Waals surface area contributed by atoms with Crippen molar-refractivity contribution in [3.05, 3.63) is 40.3 Å². The zero-order valence-electron chi connectivity index (χ0n) is 12.8. The number of aliphatic hydroxyl groups is 1. The molecule has 0 bridgehead atoms. The number of rotatable bonds is 7. The van der Waals surface area contributed by atoms with Gasteiger partial charge < -0.3 is 9.63 Å². The minimum atomic E-state index is -0.461. The fourth-order valence-corrected chi connectivity index (χ4v) is 2.44. The van der Waals surface area contributed by atoms with Crippen LogP contribution in [0.15, 0.2) is 28.8 Å². The number of nitrogens with zero attached hydrogens (tertiary/aromatic N) is 4. The van der Waals surface area contributed by atoms with E-state index in [0.717, 1.165) is 12.8 Å². The molecule has 1 aromatic carbocycles. The molecule has 1 fully saturated rings. The summed E-state index contributed by atoms with van der Waals surface area (Å²) in [7, 11) is 1.88. The van der Waals surface area contributed by atoms with Crippen LogP contribution in [0.5, 0.6) is 0 Å². The van der Waals surface area contributed by atoms with Crippen LogP contribution in [-0.4, -0.2) is 44.8 Å². The molecular weight excluding hydrogens is 300 g/mol. The van der Waals surface area contributed by atoms with E-state index in [9.17, 15) is 15.2 Å². The average Bonchev–Trinajstić information content (AvgIpc) is 3.28. The molecule has 3 rings (SSSR count). The highest BCUT2D eigenvalue weighted by Gasteiger charge is 2.30. The highest BCUT2D eigenvalue weighted by Crippen LogP contribution is 2.32. The molecule has 1 saturated carbocycles. The lowest BCUT2D eigenvalue weighted by atomic mass is 10.2. The normalized spacial score (nSPS) is 15.8. The first kappa shape index (κ1) is 15.6. The molecule has 1 aliphatic carbocycles. The Morgan fingerprint density at radius 3 is 3.00 bits per heavy atom. The summed E-state index contributed by atoms with van der Waals surface area (Å²) in [5.74, 6) is 1.15. The Kier molecular flexibility index (Phi) is 4.35. The van der Waals surface area contributed by atoms with Crippen LogP contribution in [0.1, 0.15) is 18.7 Å². The van der Waals surface area contributed by atoms with Gasteiger partial charge in [-0.15, -0.1) is 0 Å². The van der Waals surface area contributed by atoms with Gasteiger partial charge in [0.05, 0.1) is 17.6 Å². The maximum atomic E-state index is 10.8. The van der Waals surface area contributed by atoms with Crippen LogP contribution in [0.25, 0.3) is 11.4 Å². The molecule has 0 amide bonds. The van der Waals surface area contributed by atoms with Gasteiger partial charge in [0.2, 0.25) is 11.7 Å². The second kappa shape index (κ2) is 6.43. The summed E-state index contributed by atoms with van der Waals surface area (Å²) in [6.07, 6.45) is 1.86. The molecule has 0 saturated heterocycles. The summed E-state index contributed by atoms with van der Waals surface area (Å²) in [4.78, 5) is 16.5. The Morgan fingerprint density at radius 2 is 2.30 bits per heavy atom. The molecule has 1 atom stereocenters. The van der Waals surface area contributed by atoms with Gasteiger partial charge in [-0.1, -0.05) is 17.3 Å². The molecule has 0 radical (unpaired) electrons. The van der Waals surface area contributed by atoms with Crippen molar-refractivity contribution in [2.24, 2.45) is 5.92 Å². The number of aliphatic hydroxyl groups excluding tert-OH is 1. The number of nitro groups is 1. The van der Waals surface area contributed by atoms with Gasteiger partial charge in [-0.05, 0) is 25.8 Å². The zero-order chi connectivity index (χ0) is 16.4. The van der Waals surface area contributed by atoms with Gasteiger partial charge in [0.1, 0.15) is 0 Å². The number of aromatic nitrogens is 2. The molecule has 1 N–H and O–H groups in total.